The van der Waals surface area contributed by atoms with Crippen LogP contribution < -0.4 is 5.73 Å². The van der Waals surface area contributed by atoms with Crippen molar-refractivity contribution in [1.82, 2.24) is 4.31 Å². The molecule has 0 fully saturated rings. The van der Waals surface area contributed by atoms with Gasteiger partial charge in [-0.1, -0.05) is 13.8 Å². The Morgan fingerprint density at radius 2 is 2.00 bits per heavy atom. The van der Waals surface area contributed by atoms with Gasteiger partial charge in [-0.15, -0.1) is 0 Å². The van der Waals surface area contributed by atoms with Gasteiger partial charge >= 0.3 is 0 Å². The molecule has 0 spiro atoms. The second kappa shape index (κ2) is 5.31. The number of sulfonamides is 1. The highest BCUT2D eigenvalue weighted by Crippen LogP contribution is 2.05. The standard InChI is InChI=1S/C8H19N3O2S/c1-7(2)4-5-14(12,13)11(3)6-8(9)10/h7H,4-6H2,1-3H3,(H3,9,10). The first-order valence-electron chi connectivity index (χ1n) is 4.52. The monoisotopic (exact) mass is 221 g/mol. The molecule has 0 saturated carbocycles. The zero-order valence-corrected chi connectivity index (χ0v) is 9.76. The third-order valence-corrected chi connectivity index (χ3v) is 3.65. The molecule has 0 aliphatic carbocycles. The van der Waals surface area contributed by atoms with Gasteiger partial charge in [0, 0.05) is 7.05 Å². The summed E-state index contributed by atoms with van der Waals surface area (Å²) in [5.41, 5.74) is 5.12. The van der Waals surface area contributed by atoms with Crippen LogP contribution in [-0.2, 0) is 10.0 Å². The third-order valence-electron chi connectivity index (χ3n) is 1.82. The fourth-order valence-electron chi connectivity index (χ4n) is 0.879. The van der Waals surface area contributed by atoms with Gasteiger partial charge < -0.3 is 5.73 Å². The Labute approximate surface area is 85.8 Å². The Balaban J connectivity index is 4.24. The second-order valence-electron chi connectivity index (χ2n) is 3.78. The van der Waals surface area contributed by atoms with E-state index in [4.69, 9.17) is 11.1 Å². The SMILES string of the molecule is CC(C)CCS(=O)(=O)N(C)CC(=N)N. The van der Waals surface area contributed by atoms with Gasteiger partial charge in [0.05, 0.1) is 12.3 Å². The van der Waals surface area contributed by atoms with Crippen LogP contribution in [0.5, 0.6) is 0 Å². The number of nitrogens with two attached hydrogens (primary N) is 1. The zero-order chi connectivity index (χ0) is 11.4. The molecule has 0 aromatic rings. The minimum Gasteiger partial charge on any atom is -0.387 e. The molecule has 0 rings (SSSR count). The van der Waals surface area contributed by atoms with Crippen LogP contribution in [0.15, 0.2) is 0 Å². The summed E-state index contributed by atoms with van der Waals surface area (Å²) in [5, 5.41) is 6.99. The summed E-state index contributed by atoms with van der Waals surface area (Å²) < 4.78 is 24.2. The molecule has 0 aromatic heterocycles. The van der Waals surface area contributed by atoms with E-state index in [0.29, 0.717) is 12.3 Å². The first kappa shape index (κ1) is 13.4. The third kappa shape index (κ3) is 5.18. The van der Waals surface area contributed by atoms with Crippen molar-refractivity contribution >= 4 is 15.9 Å². The molecule has 0 aliphatic rings. The number of hydrogen-bond donors (Lipinski definition) is 2. The molecule has 3 N–H and O–H groups in total. The maximum Gasteiger partial charge on any atom is 0.214 e. The van der Waals surface area contributed by atoms with Crippen LogP contribution in [0.25, 0.3) is 0 Å². The van der Waals surface area contributed by atoms with Crippen molar-refractivity contribution in [3.05, 3.63) is 0 Å². The Morgan fingerprint density at radius 3 is 2.36 bits per heavy atom. The van der Waals surface area contributed by atoms with Gasteiger partial charge in [-0.05, 0) is 12.3 Å². The average molecular weight is 221 g/mol. The van der Waals surface area contributed by atoms with E-state index in [1.165, 1.54) is 7.05 Å². The van der Waals surface area contributed by atoms with E-state index >= 15 is 0 Å². The topological polar surface area (TPSA) is 87.2 Å². The minimum absolute atomic E-state index is 0.0274. The van der Waals surface area contributed by atoms with Crippen LogP contribution in [0.3, 0.4) is 0 Å². The fourth-order valence-corrected chi connectivity index (χ4v) is 2.30. The van der Waals surface area contributed by atoms with Gasteiger partial charge in [0.2, 0.25) is 10.0 Å². The van der Waals surface area contributed by atoms with Gasteiger partial charge in [0.25, 0.3) is 0 Å². The van der Waals surface area contributed by atoms with Crippen LogP contribution in [0.2, 0.25) is 0 Å². The van der Waals surface area contributed by atoms with E-state index in [2.05, 4.69) is 0 Å². The lowest BCUT2D eigenvalue weighted by atomic mass is 10.2. The summed E-state index contributed by atoms with van der Waals surface area (Å²) in [6, 6.07) is 0. The fraction of sp³-hybridized carbons (Fsp3) is 0.875. The maximum absolute atomic E-state index is 11.5. The van der Waals surface area contributed by atoms with E-state index in [-0.39, 0.29) is 18.1 Å². The lowest BCUT2D eigenvalue weighted by molar-refractivity contribution is 0.495. The first-order chi connectivity index (χ1) is 6.25. The Kier molecular flexibility index (Phi) is 5.07. The highest BCUT2D eigenvalue weighted by atomic mass is 32.2. The molecule has 0 heterocycles. The lowest BCUT2D eigenvalue weighted by Crippen LogP contribution is -2.36. The predicted molar refractivity (Wildman–Crippen MR) is 57.8 cm³/mol. The molecule has 6 heteroatoms. The summed E-state index contributed by atoms with van der Waals surface area (Å²) in [5.74, 6) is 0.338. The number of amidine groups is 1. The number of nitrogens with one attached hydrogen (secondary N) is 1. The Bertz CT molecular complexity index is 285. The Morgan fingerprint density at radius 1 is 1.50 bits per heavy atom. The zero-order valence-electron chi connectivity index (χ0n) is 8.95. The highest BCUT2D eigenvalue weighted by molar-refractivity contribution is 7.89. The van der Waals surface area contributed by atoms with Gasteiger partial charge in [0.1, 0.15) is 5.84 Å². The lowest BCUT2D eigenvalue weighted by Gasteiger charge is -2.16. The summed E-state index contributed by atoms with van der Waals surface area (Å²) >= 11 is 0. The van der Waals surface area contributed by atoms with Crippen LogP contribution in [0.4, 0.5) is 0 Å². The second-order valence-corrected chi connectivity index (χ2v) is 5.98. The Hall–Kier alpha value is -0.620. The average Bonchev–Trinajstić information content (AvgIpc) is 1.99. The van der Waals surface area contributed by atoms with E-state index in [9.17, 15) is 8.42 Å². The molecule has 5 nitrogen and oxygen atoms in total. The molecule has 84 valence electrons. The molecule has 0 saturated heterocycles. The molecular weight excluding hydrogens is 202 g/mol. The van der Waals surface area contributed by atoms with Gasteiger partial charge in [0.15, 0.2) is 0 Å². The van der Waals surface area contributed by atoms with E-state index < -0.39 is 10.0 Å². The minimum atomic E-state index is -3.24. The normalized spacial score (nSPS) is 12.4. The summed E-state index contributed by atoms with van der Waals surface area (Å²) in [4.78, 5) is 0. The molecule has 0 bridgehead atoms. The number of likely N-dealkylation sites (N-methyl/N-ethyl adjacent to an activating group) is 1. The summed E-state index contributed by atoms with van der Waals surface area (Å²) in [6.07, 6.45) is 0.630. The summed E-state index contributed by atoms with van der Waals surface area (Å²) in [7, 11) is -1.80. The van der Waals surface area contributed by atoms with Crippen molar-refractivity contribution in [2.75, 3.05) is 19.3 Å². The largest absolute Gasteiger partial charge is 0.387 e. The molecule has 14 heavy (non-hydrogen) atoms. The first-order valence-corrected chi connectivity index (χ1v) is 6.13. The molecule has 0 aliphatic heterocycles. The molecular formula is C8H19N3O2S. The maximum atomic E-state index is 11.5. The van der Waals surface area contributed by atoms with Crippen molar-refractivity contribution < 1.29 is 8.42 Å². The van der Waals surface area contributed by atoms with Crippen molar-refractivity contribution in [3.63, 3.8) is 0 Å². The number of nitrogens with zero attached hydrogens (tertiary/aromatic N) is 1. The quantitative estimate of drug-likeness (QED) is 0.497. The van der Waals surface area contributed by atoms with Gasteiger partial charge in [-0.2, -0.15) is 4.31 Å². The predicted octanol–water partition coefficient (Wildman–Crippen LogP) is 0.230. The van der Waals surface area contributed by atoms with Crippen molar-refractivity contribution in [2.24, 2.45) is 11.7 Å². The smallest absolute Gasteiger partial charge is 0.214 e. The molecule has 0 atom stereocenters. The number of rotatable bonds is 6. The molecule has 0 aromatic carbocycles. The van der Waals surface area contributed by atoms with Crippen molar-refractivity contribution in [1.29, 1.82) is 5.41 Å². The van der Waals surface area contributed by atoms with Crippen molar-refractivity contribution in [3.8, 4) is 0 Å². The van der Waals surface area contributed by atoms with Crippen LogP contribution in [0, 0.1) is 11.3 Å². The van der Waals surface area contributed by atoms with Gasteiger partial charge in [-0.3, -0.25) is 5.41 Å². The van der Waals surface area contributed by atoms with Crippen molar-refractivity contribution in [2.45, 2.75) is 20.3 Å². The van der Waals surface area contributed by atoms with Crippen LogP contribution in [-0.4, -0.2) is 37.9 Å². The highest BCUT2D eigenvalue weighted by Gasteiger charge is 2.18. The van der Waals surface area contributed by atoms with Crippen LogP contribution in [0.1, 0.15) is 20.3 Å². The summed E-state index contributed by atoms with van der Waals surface area (Å²) in [6.45, 7) is 3.92. The van der Waals surface area contributed by atoms with E-state index in [1.54, 1.807) is 0 Å². The van der Waals surface area contributed by atoms with E-state index in [0.717, 1.165) is 4.31 Å². The number of hydrogen-bond acceptors (Lipinski definition) is 3. The van der Waals surface area contributed by atoms with Crippen LogP contribution >= 0.6 is 0 Å². The molecule has 0 amide bonds. The molecule has 0 radical (unpaired) electrons. The van der Waals surface area contributed by atoms with E-state index in [1.807, 2.05) is 13.8 Å². The molecule has 0 unspecified atom stereocenters. The van der Waals surface area contributed by atoms with Gasteiger partial charge in [-0.25, -0.2) is 8.42 Å².